The summed E-state index contributed by atoms with van der Waals surface area (Å²) in [6, 6.07) is 17.9. The molecule has 2 aromatic carbocycles. The highest BCUT2D eigenvalue weighted by molar-refractivity contribution is 6.30. The van der Waals surface area contributed by atoms with E-state index in [1.807, 2.05) is 12.1 Å². The smallest absolute Gasteiger partial charge is 0.238 e. The first kappa shape index (κ1) is 17.0. The second kappa shape index (κ2) is 8.32. The Morgan fingerprint density at radius 1 is 1.04 bits per heavy atom. The molecule has 1 saturated heterocycles. The van der Waals surface area contributed by atoms with Gasteiger partial charge in [-0.05, 0) is 68.1 Å². The number of carbonyl (C=O) groups excluding carboxylic acids is 1. The Morgan fingerprint density at radius 3 is 2.38 bits per heavy atom. The van der Waals surface area contributed by atoms with Gasteiger partial charge in [0.05, 0.1) is 6.54 Å². The molecular weight excluding hydrogens is 320 g/mol. The van der Waals surface area contributed by atoms with Crippen molar-refractivity contribution in [1.82, 2.24) is 4.90 Å². The molecule has 1 aliphatic heterocycles. The van der Waals surface area contributed by atoms with Crippen molar-refractivity contribution in [2.75, 3.05) is 25.0 Å². The van der Waals surface area contributed by atoms with Gasteiger partial charge in [-0.25, -0.2) is 0 Å². The number of carbonyl (C=O) groups is 1. The highest BCUT2D eigenvalue weighted by Crippen LogP contribution is 2.21. The average Bonchev–Trinajstić information content (AvgIpc) is 2.60. The third kappa shape index (κ3) is 5.08. The van der Waals surface area contributed by atoms with Gasteiger partial charge in [0.2, 0.25) is 5.91 Å². The van der Waals surface area contributed by atoms with Crippen LogP contribution < -0.4 is 5.32 Å². The summed E-state index contributed by atoms with van der Waals surface area (Å²) < 4.78 is 0. The highest BCUT2D eigenvalue weighted by atomic mass is 35.5. The van der Waals surface area contributed by atoms with E-state index in [0.717, 1.165) is 44.0 Å². The van der Waals surface area contributed by atoms with E-state index in [0.29, 0.717) is 11.6 Å². The fourth-order valence-corrected chi connectivity index (χ4v) is 3.36. The van der Waals surface area contributed by atoms with Crippen molar-refractivity contribution in [2.45, 2.75) is 19.3 Å². The lowest BCUT2D eigenvalue weighted by Crippen LogP contribution is -2.39. The van der Waals surface area contributed by atoms with Crippen LogP contribution in [0.15, 0.2) is 54.6 Å². The summed E-state index contributed by atoms with van der Waals surface area (Å²) in [6.45, 7) is 2.44. The summed E-state index contributed by atoms with van der Waals surface area (Å²) in [5.41, 5.74) is 2.21. The Bertz CT molecular complexity index is 649. The number of nitrogens with one attached hydrogen (secondary N) is 1. The van der Waals surface area contributed by atoms with Gasteiger partial charge in [0, 0.05) is 10.7 Å². The Kier molecular flexibility index (Phi) is 5.89. The zero-order valence-electron chi connectivity index (χ0n) is 13.7. The average molecular weight is 343 g/mol. The molecule has 0 bridgehead atoms. The van der Waals surface area contributed by atoms with Crippen molar-refractivity contribution in [2.24, 2.45) is 5.92 Å². The number of hydrogen-bond donors (Lipinski definition) is 1. The standard InChI is InChI=1S/C20H23ClN2O/c21-18-6-8-19(9-7-18)22-20(24)15-23-12-10-17(11-13-23)14-16-4-2-1-3-5-16/h1-9,17H,10-15H2,(H,22,24). The number of rotatable bonds is 5. The number of anilines is 1. The number of hydrogen-bond acceptors (Lipinski definition) is 2. The molecule has 0 spiro atoms. The van der Waals surface area contributed by atoms with Crippen molar-refractivity contribution < 1.29 is 4.79 Å². The zero-order valence-corrected chi connectivity index (χ0v) is 14.5. The van der Waals surface area contributed by atoms with E-state index in [1.54, 1.807) is 12.1 Å². The summed E-state index contributed by atoms with van der Waals surface area (Å²) in [5, 5.41) is 3.60. The third-order valence-corrected chi connectivity index (χ3v) is 4.82. The van der Waals surface area contributed by atoms with Gasteiger partial charge in [-0.15, -0.1) is 0 Å². The molecule has 1 heterocycles. The molecule has 1 fully saturated rings. The van der Waals surface area contributed by atoms with Crippen molar-refractivity contribution in [3.8, 4) is 0 Å². The molecule has 0 radical (unpaired) electrons. The van der Waals surface area contributed by atoms with Crippen molar-refractivity contribution in [1.29, 1.82) is 0 Å². The molecule has 1 amide bonds. The minimum Gasteiger partial charge on any atom is -0.325 e. The van der Waals surface area contributed by atoms with Crippen LogP contribution >= 0.6 is 11.6 Å². The molecule has 126 valence electrons. The largest absolute Gasteiger partial charge is 0.325 e. The molecule has 0 saturated carbocycles. The van der Waals surface area contributed by atoms with Crippen LogP contribution in [0.25, 0.3) is 0 Å². The number of amides is 1. The number of likely N-dealkylation sites (tertiary alicyclic amines) is 1. The summed E-state index contributed by atoms with van der Waals surface area (Å²) >= 11 is 5.85. The normalized spacial score (nSPS) is 16.0. The lowest BCUT2D eigenvalue weighted by molar-refractivity contribution is -0.117. The lowest BCUT2D eigenvalue weighted by Gasteiger charge is -2.31. The Hall–Kier alpha value is -1.84. The van der Waals surface area contributed by atoms with Gasteiger partial charge in [0.15, 0.2) is 0 Å². The molecular formula is C20H23ClN2O. The maximum Gasteiger partial charge on any atom is 0.238 e. The Labute approximate surface area is 148 Å². The summed E-state index contributed by atoms with van der Waals surface area (Å²) in [4.78, 5) is 14.4. The first-order valence-corrected chi connectivity index (χ1v) is 8.88. The van der Waals surface area contributed by atoms with Crippen LogP contribution in [-0.4, -0.2) is 30.4 Å². The summed E-state index contributed by atoms with van der Waals surface area (Å²) in [5.74, 6) is 0.766. The van der Waals surface area contributed by atoms with Crippen LogP contribution in [0.5, 0.6) is 0 Å². The molecule has 4 heteroatoms. The predicted octanol–water partition coefficient (Wildman–Crippen LogP) is 4.23. The quantitative estimate of drug-likeness (QED) is 0.881. The molecule has 0 aromatic heterocycles. The highest BCUT2D eigenvalue weighted by Gasteiger charge is 2.21. The maximum atomic E-state index is 12.2. The van der Waals surface area contributed by atoms with Crippen molar-refractivity contribution in [3.63, 3.8) is 0 Å². The minimum absolute atomic E-state index is 0.0406. The van der Waals surface area contributed by atoms with E-state index in [1.165, 1.54) is 5.56 Å². The van der Waals surface area contributed by atoms with Crippen LogP contribution in [-0.2, 0) is 11.2 Å². The van der Waals surface area contributed by atoms with Crippen LogP contribution in [0.2, 0.25) is 5.02 Å². The first-order valence-electron chi connectivity index (χ1n) is 8.51. The molecule has 0 unspecified atom stereocenters. The van der Waals surface area contributed by atoms with E-state index in [9.17, 15) is 4.79 Å². The van der Waals surface area contributed by atoms with Gasteiger partial charge in [0.1, 0.15) is 0 Å². The topological polar surface area (TPSA) is 32.3 Å². The molecule has 3 rings (SSSR count). The molecule has 1 aliphatic rings. The molecule has 0 atom stereocenters. The Morgan fingerprint density at radius 2 is 1.71 bits per heavy atom. The van der Waals surface area contributed by atoms with Crippen LogP contribution in [0.4, 0.5) is 5.69 Å². The van der Waals surface area contributed by atoms with Gasteiger partial charge in [-0.1, -0.05) is 41.9 Å². The van der Waals surface area contributed by atoms with Crippen molar-refractivity contribution >= 4 is 23.2 Å². The Balaban J connectivity index is 1.41. The minimum atomic E-state index is 0.0406. The van der Waals surface area contributed by atoms with Gasteiger partial charge in [-0.3, -0.25) is 9.69 Å². The van der Waals surface area contributed by atoms with E-state index in [2.05, 4.69) is 40.5 Å². The monoisotopic (exact) mass is 342 g/mol. The van der Waals surface area contributed by atoms with E-state index in [-0.39, 0.29) is 5.91 Å². The zero-order chi connectivity index (χ0) is 16.8. The van der Waals surface area contributed by atoms with E-state index < -0.39 is 0 Å². The van der Waals surface area contributed by atoms with E-state index >= 15 is 0 Å². The van der Waals surface area contributed by atoms with Crippen LogP contribution in [0.1, 0.15) is 18.4 Å². The van der Waals surface area contributed by atoms with Crippen molar-refractivity contribution in [3.05, 3.63) is 65.2 Å². The SMILES string of the molecule is O=C(CN1CCC(Cc2ccccc2)CC1)Nc1ccc(Cl)cc1. The summed E-state index contributed by atoms with van der Waals surface area (Å²) in [7, 11) is 0. The van der Waals surface area contributed by atoms with Gasteiger partial charge < -0.3 is 5.32 Å². The molecule has 2 aromatic rings. The van der Waals surface area contributed by atoms with Gasteiger partial charge in [0.25, 0.3) is 0 Å². The number of benzene rings is 2. The van der Waals surface area contributed by atoms with Gasteiger partial charge in [-0.2, -0.15) is 0 Å². The molecule has 0 aliphatic carbocycles. The molecule has 1 N–H and O–H groups in total. The molecule has 3 nitrogen and oxygen atoms in total. The first-order chi connectivity index (χ1) is 11.7. The molecule has 24 heavy (non-hydrogen) atoms. The fourth-order valence-electron chi connectivity index (χ4n) is 3.23. The number of piperidine rings is 1. The van der Waals surface area contributed by atoms with Gasteiger partial charge >= 0.3 is 0 Å². The predicted molar refractivity (Wildman–Crippen MR) is 99.4 cm³/mol. The summed E-state index contributed by atoms with van der Waals surface area (Å²) in [6.07, 6.45) is 3.46. The lowest BCUT2D eigenvalue weighted by atomic mass is 9.90. The number of nitrogens with zero attached hydrogens (tertiary/aromatic N) is 1. The number of halogens is 1. The third-order valence-electron chi connectivity index (χ3n) is 4.57. The van der Waals surface area contributed by atoms with Crippen LogP contribution in [0.3, 0.4) is 0 Å². The maximum absolute atomic E-state index is 12.2. The van der Waals surface area contributed by atoms with Crippen LogP contribution in [0, 0.1) is 5.92 Å². The second-order valence-corrected chi connectivity index (χ2v) is 6.90. The van der Waals surface area contributed by atoms with E-state index in [4.69, 9.17) is 11.6 Å². The fraction of sp³-hybridized carbons (Fsp3) is 0.350. The second-order valence-electron chi connectivity index (χ2n) is 6.46.